The van der Waals surface area contributed by atoms with E-state index in [1.165, 1.54) is 64.5 Å². The van der Waals surface area contributed by atoms with Crippen molar-refractivity contribution in [3.8, 4) is 5.75 Å². The van der Waals surface area contributed by atoms with Gasteiger partial charge in [0.2, 0.25) is 82.7 Å². The van der Waals surface area contributed by atoms with E-state index >= 15 is 9.59 Å². The summed E-state index contributed by atoms with van der Waals surface area (Å²) in [5, 5.41) is 85.0. The summed E-state index contributed by atoms with van der Waals surface area (Å²) >= 11 is 0. The molecule has 14 atom stereocenters. The van der Waals surface area contributed by atoms with Crippen LogP contribution in [0.3, 0.4) is 0 Å². The van der Waals surface area contributed by atoms with Gasteiger partial charge in [-0.1, -0.05) is 88.4 Å². The Morgan fingerprint density at radius 2 is 0.894 bits per heavy atom. The maximum atomic E-state index is 15.3. The summed E-state index contributed by atoms with van der Waals surface area (Å²) in [6.45, 7) is 12.4. The molecule has 37 heteroatoms. The highest BCUT2D eigenvalue weighted by Crippen LogP contribution is 2.21. The fourth-order valence-corrected chi connectivity index (χ4v) is 12.0. The lowest BCUT2D eigenvalue weighted by Gasteiger charge is -2.29. The number of H-pyrrole nitrogens is 2. The van der Waals surface area contributed by atoms with Gasteiger partial charge in [0.25, 0.3) is 0 Å². The fourth-order valence-electron chi connectivity index (χ4n) is 12.0. The number of amides is 14. The van der Waals surface area contributed by atoms with Crippen molar-refractivity contribution in [2.24, 2.45) is 17.6 Å². The van der Waals surface area contributed by atoms with Crippen molar-refractivity contribution in [2.75, 3.05) is 13.2 Å². The van der Waals surface area contributed by atoms with E-state index in [2.05, 4.69) is 84.1 Å². The Labute approximate surface area is 652 Å². The normalized spacial score (nSPS) is 15.0. The van der Waals surface area contributed by atoms with Crippen molar-refractivity contribution in [1.29, 1.82) is 0 Å². The molecule has 22 N–H and O–H groups in total. The molecule has 2 aromatic heterocycles. The molecule has 0 aliphatic rings. The van der Waals surface area contributed by atoms with Crippen LogP contribution in [0.1, 0.15) is 130 Å². The van der Waals surface area contributed by atoms with Gasteiger partial charge in [-0.05, 0) is 106 Å². The molecule has 37 nitrogen and oxygen atoms in total. The first-order chi connectivity index (χ1) is 53.4. The van der Waals surface area contributed by atoms with Gasteiger partial charge in [-0.15, -0.1) is 0 Å². The highest BCUT2D eigenvalue weighted by atomic mass is 16.4. The molecule has 0 bridgehead atoms. The summed E-state index contributed by atoms with van der Waals surface area (Å²) in [6, 6.07) is 1.73. The van der Waals surface area contributed by atoms with Gasteiger partial charge in [0, 0.05) is 81.5 Å². The first kappa shape index (κ1) is 91.7. The number of nitrogens with zero attached hydrogens (tertiary/aromatic N) is 1. The fraction of sp³-hybridized carbons (Fsp3) is 0.500. The summed E-state index contributed by atoms with van der Waals surface area (Å²) in [7, 11) is 0. The number of aromatic nitrogens is 3. The van der Waals surface area contributed by atoms with E-state index in [1.807, 2.05) is 0 Å². The van der Waals surface area contributed by atoms with Gasteiger partial charge in [-0.2, -0.15) is 0 Å². The van der Waals surface area contributed by atoms with Crippen LogP contribution in [0.15, 0.2) is 97.6 Å². The second kappa shape index (κ2) is 45.5. The minimum absolute atomic E-state index is 0.0584. The predicted molar refractivity (Wildman–Crippen MR) is 409 cm³/mol. The number of aliphatic hydroxyl groups is 3. The zero-order valence-corrected chi connectivity index (χ0v) is 64.6. The molecule has 14 amide bonds. The van der Waals surface area contributed by atoms with Crippen molar-refractivity contribution in [2.45, 2.75) is 218 Å². The number of para-hydroxylation sites is 1. The molecule has 2 heterocycles. The van der Waals surface area contributed by atoms with Crippen LogP contribution in [0.4, 0.5) is 0 Å². The summed E-state index contributed by atoms with van der Waals surface area (Å²) in [6.07, 6.45) is -1.19. The maximum Gasteiger partial charge on any atom is 0.303 e. The van der Waals surface area contributed by atoms with Crippen LogP contribution in [-0.2, 0) is 97.6 Å². The molecule has 0 radical (unpaired) electrons. The molecule has 0 saturated heterocycles. The number of phenolic OH excluding ortho intramolecular Hbond substituents is 1. The van der Waals surface area contributed by atoms with Crippen molar-refractivity contribution in [3.63, 3.8) is 0 Å². The Balaban J connectivity index is 1.48. The number of carboxylic acids is 1. The van der Waals surface area contributed by atoms with Gasteiger partial charge in [-0.3, -0.25) is 71.9 Å². The van der Waals surface area contributed by atoms with Crippen LogP contribution in [0.5, 0.6) is 5.75 Å². The number of fused-ring (bicyclic) bond motifs is 1. The first-order valence-corrected chi connectivity index (χ1v) is 37.1. The molecule has 0 spiro atoms. The van der Waals surface area contributed by atoms with Crippen molar-refractivity contribution < 1.29 is 97.5 Å². The molecule has 5 rings (SSSR count). The second-order valence-electron chi connectivity index (χ2n) is 28.6. The lowest BCUT2D eigenvalue weighted by atomic mass is 10.0. The minimum atomic E-state index is -1.79. The van der Waals surface area contributed by atoms with E-state index in [4.69, 9.17) is 5.73 Å². The molecule has 0 fully saturated rings. The highest BCUT2D eigenvalue weighted by molar-refractivity contribution is 6.00. The van der Waals surface area contributed by atoms with E-state index < -0.39 is 193 Å². The SMILES string of the molecule is CC(=O)NCCCC[C@H](NC(=O)[C@H](C)NC(=O)[C@H](Cc1c[nH]c2ccccc12)NC(=O)[C@H](Cc1ccc(O)cc1)NC(=O)[C@H](Cc1cnc[nH]1)NC(=O)[C@H](CCC(=O)O)NC(=O)[C@H](Cc1ccccc1)NC(=O)[C@@H](NC(=O)[C@H](CC(C)C)NC(C)=O)[C@@H](C)O)C(=O)N[C@@H](CC(C)C)C(=O)N[C@H](C(=O)N[C@@H](CO)C(N)=O)[C@@H](C)O. The van der Waals surface area contributed by atoms with Crippen LogP contribution >= 0.6 is 0 Å². The number of aromatic amines is 2. The largest absolute Gasteiger partial charge is 0.508 e. The van der Waals surface area contributed by atoms with E-state index in [0.29, 0.717) is 34.0 Å². The molecule has 0 aliphatic heterocycles. The Morgan fingerprint density at radius 3 is 1.39 bits per heavy atom. The number of hydrogen-bond acceptors (Lipinski definition) is 20. The van der Waals surface area contributed by atoms with Gasteiger partial charge in [0.05, 0.1) is 25.1 Å². The van der Waals surface area contributed by atoms with E-state index in [0.717, 1.165) is 6.92 Å². The number of nitrogens with one attached hydrogen (secondary N) is 15. The number of aliphatic hydroxyl groups excluding tert-OH is 3. The van der Waals surface area contributed by atoms with E-state index in [9.17, 15) is 87.9 Å². The molecule has 616 valence electrons. The minimum Gasteiger partial charge on any atom is -0.508 e. The van der Waals surface area contributed by atoms with Crippen LogP contribution in [0.25, 0.3) is 10.9 Å². The number of benzene rings is 3. The molecule has 3 aromatic carbocycles. The van der Waals surface area contributed by atoms with Crippen LogP contribution < -0.4 is 74.9 Å². The van der Waals surface area contributed by atoms with Crippen molar-refractivity contribution in [1.82, 2.24) is 84.1 Å². The Morgan fingerprint density at radius 1 is 0.451 bits per heavy atom. The standard InChI is InChI=1S/C76H107N17O20/c1-39(2)29-55(83-45(9)98)73(110)92-63(42(6)95)75(112)90-58(31-46-17-11-10-12-18-46)70(107)85-54(26-27-62(100)101)68(105)89-60(34-49-36-78-38-81-49)72(109)87-57(32-47-22-24-50(99)25-23-47)71(108)88-59(33-48-35-80-52-20-14-13-19-51(48)52)69(106)82-41(5)66(103)84-53(21-15-16-28-79-44(8)97)67(104)86-56(30-40(3)4)74(111)93-64(43(7)96)76(113)91-61(37-94)65(77)102/h10-14,17-20,22-25,35-36,38-43,53-61,63-64,80,94-96,99H,15-16,21,26-34,37H2,1-9H3,(H2,77,102)(H,78,81)(H,79,97)(H,82,106)(H,83,98)(H,84,103)(H,85,107)(H,86,104)(H,87,109)(H,88,108)(H,89,105)(H,90,112)(H,91,113)(H,92,110)(H,93,111)(H,100,101)/t41-,42+,43+,53-,54-,55-,56-,57-,58-,59-,60-,61-,63-,64-/m0/s1. The first-order valence-electron chi connectivity index (χ1n) is 37.1. The van der Waals surface area contributed by atoms with Gasteiger partial charge >= 0.3 is 5.97 Å². The van der Waals surface area contributed by atoms with Gasteiger partial charge in [0.15, 0.2) is 0 Å². The van der Waals surface area contributed by atoms with Crippen molar-refractivity contribution in [3.05, 3.63) is 120 Å². The summed E-state index contributed by atoms with van der Waals surface area (Å²) in [4.78, 5) is 217. The van der Waals surface area contributed by atoms with Crippen LogP contribution in [0, 0.1) is 11.8 Å². The quantitative estimate of drug-likeness (QED) is 0.0175. The number of imidazole rings is 1. The number of carbonyl (C=O) groups excluding carboxylic acids is 14. The number of aliphatic carboxylic acids is 1. The Hall–Kier alpha value is -11.9. The highest BCUT2D eigenvalue weighted by Gasteiger charge is 2.39. The third-order valence-electron chi connectivity index (χ3n) is 17.9. The predicted octanol–water partition coefficient (Wildman–Crippen LogP) is -2.77. The number of nitrogens with two attached hydrogens (primary N) is 1. The molecular formula is C76H107N17O20. The third kappa shape index (κ3) is 31.1. The number of aromatic hydroxyl groups is 1. The summed E-state index contributed by atoms with van der Waals surface area (Å²) in [5.74, 6) is -15.1. The second-order valence-corrected chi connectivity index (χ2v) is 28.6. The van der Waals surface area contributed by atoms with E-state index in [-0.39, 0.29) is 80.7 Å². The zero-order valence-electron chi connectivity index (χ0n) is 64.6. The molecular weight excluding hydrogens is 1470 g/mol. The summed E-state index contributed by atoms with van der Waals surface area (Å²) in [5.41, 5.74) is 7.44. The number of carboxylic acid groups (broad SMARTS) is 1. The maximum absolute atomic E-state index is 15.3. The molecule has 0 saturated carbocycles. The third-order valence-corrected chi connectivity index (χ3v) is 17.9. The smallest absolute Gasteiger partial charge is 0.303 e. The number of phenols is 1. The number of carbonyl (C=O) groups is 15. The van der Waals surface area contributed by atoms with Crippen LogP contribution in [0.2, 0.25) is 0 Å². The van der Waals surface area contributed by atoms with E-state index in [1.54, 1.807) is 88.5 Å². The van der Waals surface area contributed by atoms with Gasteiger partial charge in [-0.25, -0.2) is 4.98 Å². The zero-order chi connectivity index (χ0) is 83.8. The van der Waals surface area contributed by atoms with Gasteiger partial charge in [0.1, 0.15) is 78.3 Å². The average Bonchev–Trinajstić information content (AvgIpc) is 1.74. The topological polar surface area (TPSA) is 584 Å². The molecule has 113 heavy (non-hydrogen) atoms. The molecule has 0 aliphatic carbocycles. The Bertz CT molecular complexity index is 4060. The number of primary amides is 1. The summed E-state index contributed by atoms with van der Waals surface area (Å²) < 4.78 is 0. The van der Waals surface area contributed by atoms with Crippen LogP contribution in [-0.4, -0.2) is 227 Å². The van der Waals surface area contributed by atoms with Gasteiger partial charge < -0.3 is 110 Å². The lowest BCUT2D eigenvalue weighted by Crippen LogP contribution is -2.62. The number of unbranched alkanes of at least 4 members (excludes halogenated alkanes) is 1. The molecule has 5 aromatic rings. The Kier molecular flexibility index (Phi) is 36.9. The average molecular weight is 1580 g/mol. The lowest BCUT2D eigenvalue weighted by molar-refractivity contribution is -0.139. The monoisotopic (exact) mass is 1580 g/mol. The number of hydrogen-bond donors (Lipinski definition) is 21. The van der Waals surface area contributed by atoms with Crippen molar-refractivity contribution >= 4 is 99.6 Å². The number of rotatable bonds is 47. The molecule has 0 unspecified atom stereocenters.